The van der Waals surface area contributed by atoms with Gasteiger partial charge in [0, 0.05) is 38.7 Å². The highest BCUT2D eigenvalue weighted by atomic mass is 16.6. The second-order valence-corrected chi connectivity index (χ2v) is 12.0. The van der Waals surface area contributed by atoms with Gasteiger partial charge >= 0.3 is 6.09 Å². The van der Waals surface area contributed by atoms with Crippen molar-refractivity contribution >= 4 is 23.0 Å². The molecule has 0 saturated carbocycles. The maximum Gasteiger partial charge on any atom is 0.410 e. The fourth-order valence-electron chi connectivity index (χ4n) is 5.28. The van der Waals surface area contributed by atoms with E-state index in [0.717, 1.165) is 17.5 Å². The Morgan fingerprint density at radius 3 is 2.44 bits per heavy atom. The lowest BCUT2D eigenvalue weighted by Crippen LogP contribution is -2.56. The predicted octanol–water partition coefficient (Wildman–Crippen LogP) is 5.00. The van der Waals surface area contributed by atoms with Gasteiger partial charge in [0.25, 0.3) is 5.91 Å². The lowest BCUT2D eigenvalue weighted by molar-refractivity contribution is -0.00456. The van der Waals surface area contributed by atoms with Gasteiger partial charge in [-0.3, -0.25) is 4.79 Å². The molecule has 0 unspecified atom stereocenters. The van der Waals surface area contributed by atoms with Crippen LogP contribution in [-0.4, -0.2) is 74.3 Å². The molecule has 1 N–H and O–H groups in total. The van der Waals surface area contributed by atoms with Crippen molar-refractivity contribution in [3.8, 4) is 0 Å². The third kappa shape index (κ3) is 7.18. The van der Waals surface area contributed by atoms with Crippen molar-refractivity contribution < 1.29 is 19.4 Å². The number of piperidine rings is 1. The van der Waals surface area contributed by atoms with E-state index in [0.29, 0.717) is 38.4 Å². The highest BCUT2D eigenvalue weighted by molar-refractivity contribution is 5.95. The van der Waals surface area contributed by atoms with Crippen LogP contribution in [0.25, 0.3) is 11.0 Å². The largest absolute Gasteiger partial charge is 0.444 e. The number of likely N-dealkylation sites (tertiary alicyclic amines) is 1. The molecule has 3 aromatic rings. The van der Waals surface area contributed by atoms with E-state index in [9.17, 15) is 14.7 Å². The van der Waals surface area contributed by atoms with Crippen molar-refractivity contribution in [2.45, 2.75) is 65.6 Å². The number of rotatable bonds is 8. The first-order valence-electron chi connectivity index (χ1n) is 13.9. The van der Waals surface area contributed by atoms with Gasteiger partial charge in [0.15, 0.2) is 5.82 Å². The number of aliphatic hydroxyl groups is 1. The van der Waals surface area contributed by atoms with E-state index in [4.69, 9.17) is 9.72 Å². The summed E-state index contributed by atoms with van der Waals surface area (Å²) in [5, 5.41) is 10.1. The number of aryl methyl sites for hydroxylation is 2. The molecule has 0 spiro atoms. The molecule has 1 aliphatic rings. The number of carbonyl (C=O) groups excluding carboxylic acids is 2. The second kappa shape index (κ2) is 12.2. The smallest absolute Gasteiger partial charge is 0.410 e. The Kier molecular flexibility index (Phi) is 8.95. The van der Waals surface area contributed by atoms with Gasteiger partial charge in [-0.05, 0) is 57.2 Å². The van der Waals surface area contributed by atoms with Crippen LogP contribution in [-0.2, 0) is 17.7 Å². The van der Waals surface area contributed by atoms with Crippen LogP contribution in [0.4, 0.5) is 4.79 Å². The van der Waals surface area contributed by atoms with Crippen molar-refractivity contribution in [2.24, 2.45) is 11.8 Å². The minimum absolute atomic E-state index is 0.0604. The summed E-state index contributed by atoms with van der Waals surface area (Å²) in [4.78, 5) is 35.6. The fourth-order valence-corrected chi connectivity index (χ4v) is 5.28. The molecular weight excluding hydrogens is 492 g/mol. The highest BCUT2D eigenvalue weighted by Gasteiger charge is 2.38. The first-order chi connectivity index (χ1) is 18.6. The number of ether oxygens (including phenoxy) is 1. The zero-order chi connectivity index (χ0) is 28.2. The van der Waals surface area contributed by atoms with Gasteiger partial charge in [0.05, 0.1) is 17.1 Å². The summed E-state index contributed by atoms with van der Waals surface area (Å²) in [6.07, 6.45) is 0.963. The van der Waals surface area contributed by atoms with E-state index < -0.39 is 11.7 Å². The summed E-state index contributed by atoms with van der Waals surface area (Å²) in [5.74, 6) is 0.319. The summed E-state index contributed by atoms with van der Waals surface area (Å²) in [7, 11) is 0. The van der Waals surface area contributed by atoms with Gasteiger partial charge in [-0.15, -0.1) is 0 Å². The Balaban J connectivity index is 1.66. The molecule has 2 heterocycles. The number of carbonyl (C=O) groups is 2. The molecule has 2 atom stereocenters. The van der Waals surface area contributed by atoms with Gasteiger partial charge in [0.1, 0.15) is 5.60 Å². The van der Waals surface area contributed by atoms with E-state index in [2.05, 4.69) is 26.0 Å². The number of fused-ring (bicyclic) bond motifs is 1. The SMILES string of the molecule is CC(C)CN(C(=O)c1nc2ccccc2n1CCc1ccccc1)[C@H]1C[C@@H](CO)CN(C(=O)OC(C)(C)C)C1. The Hall–Kier alpha value is -3.39. The third-order valence-electron chi connectivity index (χ3n) is 7.00. The molecule has 210 valence electrons. The van der Waals surface area contributed by atoms with Crippen LogP contribution < -0.4 is 0 Å². The van der Waals surface area contributed by atoms with Gasteiger partial charge in [-0.2, -0.15) is 0 Å². The van der Waals surface area contributed by atoms with Crippen molar-refractivity contribution in [1.82, 2.24) is 19.4 Å². The summed E-state index contributed by atoms with van der Waals surface area (Å²) >= 11 is 0. The lowest BCUT2D eigenvalue weighted by atomic mass is 9.93. The normalized spacial score (nSPS) is 18.0. The number of hydrogen-bond donors (Lipinski definition) is 1. The number of hydrogen-bond acceptors (Lipinski definition) is 5. The molecule has 39 heavy (non-hydrogen) atoms. The molecule has 1 aromatic heterocycles. The summed E-state index contributed by atoms with van der Waals surface area (Å²) in [6, 6.07) is 17.8. The van der Waals surface area contributed by atoms with Crippen LogP contribution in [0.5, 0.6) is 0 Å². The van der Waals surface area contributed by atoms with Crippen molar-refractivity contribution in [3.05, 3.63) is 66.0 Å². The van der Waals surface area contributed by atoms with Crippen molar-refractivity contribution in [1.29, 1.82) is 0 Å². The molecule has 0 radical (unpaired) electrons. The number of aliphatic hydroxyl groups excluding tert-OH is 1. The Morgan fingerprint density at radius 2 is 1.77 bits per heavy atom. The average molecular weight is 535 g/mol. The minimum atomic E-state index is -0.629. The van der Waals surface area contributed by atoms with E-state index in [1.807, 2.05) is 72.7 Å². The van der Waals surface area contributed by atoms with Gasteiger partial charge < -0.3 is 24.2 Å². The molecule has 0 aliphatic carbocycles. The zero-order valence-corrected chi connectivity index (χ0v) is 23.8. The number of imidazole rings is 1. The summed E-state index contributed by atoms with van der Waals surface area (Å²) in [5.41, 5.74) is 2.27. The maximum atomic E-state index is 14.3. The van der Waals surface area contributed by atoms with Crippen LogP contribution >= 0.6 is 0 Å². The van der Waals surface area contributed by atoms with Crippen LogP contribution in [0.15, 0.2) is 54.6 Å². The van der Waals surface area contributed by atoms with Crippen molar-refractivity contribution in [2.75, 3.05) is 26.2 Å². The monoisotopic (exact) mass is 534 g/mol. The van der Waals surface area contributed by atoms with E-state index >= 15 is 0 Å². The number of benzene rings is 2. The molecular formula is C31H42N4O4. The third-order valence-corrected chi connectivity index (χ3v) is 7.00. The number of aromatic nitrogens is 2. The molecule has 4 rings (SSSR count). The number of amides is 2. The zero-order valence-electron chi connectivity index (χ0n) is 23.8. The summed E-state index contributed by atoms with van der Waals surface area (Å²) < 4.78 is 7.67. The Labute approximate surface area is 231 Å². The topological polar surface area (TPSA) is 87.9 Å². The number of para-hydroxylation sites is 2. The van der Waals surface area contributed by atoms with Crippen LogP contribution in [0.1, 0.15) is 57.2 Å². The predicted molar refractivity (Wildman–Crippen MR) is 153 cm³/mol. The van der Waals surface area contributed by atoms with E-state index in [1.165, 1.54) is 5.56 Å². The van der Waals surface area contributed by atoms with Gasteiger partial charge in [-0.25, -0.2) is 9.78 Å². The number of nitrogens with zero attached hydrogens (tertiary/aromatic N) is 4. The Morgan fingerprint density at radius 1 is 1.08 bits per heavy atom. The van der Waals surface area contributed by atoms with Crippen LogP contribution in [0.2, 0.25) is 0 Å². The second-order valence-electron chi connectivity index (χ2n) is 12.0. The van der Waals surface area contributed by atoms with Gasteiger partial charge in [0.2, 0.25) is 0 Å². The molecule has 0 bridgehead atoms. The summed E-state index contributed by atoms with van der Waals surface area (Å²) in [6.45, 7) is 11.5. The van der Waals surface area contributed by atoms with Crippen molar-refractivity contribution in [3.63, 3.8) is 0 Å². The molecule has 1 fully saturated rings. The molecule has 1 aliphatic heterocycles. The van der Waals surface area contributed by atoms with E-state index in [-0.39, 0.29) is 30.4 Å². The van der Waals surface area contributed by atoms with Crippen LogP contribution in [0.3, 0.4) is 0 Å². The van der Waals surface area contributed by atoms with Gasteiger partial charge in [-0.1, -0.05) is 56.3 Å². The fraction of sp³-hybridized carbons (Fsp3) is 0.516. The average Bonchev–Trinajstić information content (AvgIpc) is 3.28. The molecule has 2 amide bonds. The molecule has 8 heteroatoms. The lowest BCUT2D eigenvalue weighted by Gasteiger charge is -2.43. The molecule has 1 saturated heterocycles. The molecule has 2 aromatic carbocycles. The Bertz CT molecular complexity index is 1260. The maximum absolute atomic E-state index is 14.3. The minimum Gasteiger partial charge on any atom is -0.444 e. The highest BCUT2D eigenvalue weighted by Crippen LogP contribution is 2.26. The first-order valence-corrected chi connectivity index (χ1v) is 13.9. The van der Waals surface area contributed by atoms with E-state index in [1.54, 1.807) is 4.90 Å². The molecule has 8 nitrogen and oxygen atoms in total. The van der Waals surface area contributed by atoms with Crippen LogP contribution in [0, 0.1) is 11.8 Å². The first kappa shape index (κ1) is 28.6. The standard InChI is InChI=1S/C31H42N4O4/c1-22(2)18-35(25-17-24(21-36)19-33(20-25)30(38)39-31(3,4)5)29(37)28-32-26-13-9-10-14-27(26)34(28)16-15-23-11-7-6-8-12-23/h6-14,22,24-25,36H,15-21H2,1-5H3/t24-,25+/m1/s1. The quantitative estimate of drug-likeness (QED) is 0.440.